The van der Waals surface area contributed by atoms with E-state index in [4.69, 9.17) is 0 Å². The summed E-state index contributed by atoms with van der Waals surface area (Å²) in [5.41, 5.74) is 7.47. The molecule has 5 rings (SSSR count). The quantitative estimate of drug-likeness (QED) is 0.199. The van der Waals surface area contributed by atoms with Gasteiger partial charge in [-0.2, -0.15) is 0 Å². The Balaban J connectivity index is 1.68. The SMILES string of the molecule is CC(C)(C)c1cc(Br)cc(N(c2ccc(-c3ccccc3)cc2)c2c[se]c3ccccc23)c1. The number of hydrogen-bond donors (Lipinski definition) is 0. The molecule has 4 aromatic carbocycles. The van der Waals surface area contributed by atoms with Crippen LogP contribution in [-0.4, -0.2) is 14.5 Å². The molecule has 5 aromatic rings. The molecule has 0 aliphatic heterocycles. The molecule has 164 valence electrons. The molecule has 33 heavy (non-hydrogen) atoms. The van der Waals surface area contributed by atoms with E-state index in [9.17, 15) is 0 Å². The maximum absolute atomic E-state index is 3.79. The molecule has 0 saturated carbocycles. The van der Waals surface area contributed by atoms with E-state index in [0.29, 0.717) is 14.5 Å². The number of fused-ring (bicyclic) bond motifs is 1. The van der Waals surface area contributed by atoms with Gasteiger partial charge >= 0.3 is 211 Å². The topological polar surface area (TPSA) is 3.24 Å². The van der Waals surface area contributed by atoms with Crippen molar-refractivity contribution in [1.29, 1.82) is 0 Å². The van der Waals surface area contributed by atoms with Crippen molar-refractivity contribution in [3.8, 4) is 11.1 Å². The van der Waals surface area contributed by atoms with Crippen molar-refractivity contribution in [2.45, 2.75) is 26.2 Å². The molecule has 0 bridgehead atoms. The van der Waals surface area contributed by atoms with Crippen LogP contribution >= 0.6 is 15.9 Å². The second-order valence-corrected chi connectivity index (χ2v) is 12.1. The van der Waals surface area contributed by atoms with Gasteiger partial charge in [-0.05, 0) is 0 Å². The van der Waals surface area contributed by atoms with Crippen molar-refractivity contribution < 1.29 is 0 Å². The van der Waals surface area contributed by atoms with Gasteiger partial charge in [0.1, 0.15) is 0 Å². The molecule has 1 heterocycles. The van der Waals surface area contributed by atoms with E-state index in [0.717, 1.165) is 4.47 Å². The normalized spacial score (nSPS) is 11.6. The second kappa shape index (κ2) is 8.99. The van der Waals surface area contributed by atoms with E-state index in [1.165, 1.54) is 43.4 Å². The molecule has 3 heteroatoms. The van der Waals surface area contributed by atoms with Crippen molar-refractivity contribution >= 4 is 57.1 Å². The summed E-state index contributed by atoms with van der Waals surface area (Å²) in [5.74, 6) is 0. The third kappa shape index (κ3) is 4.59. The second-order valence-electron chi connectivity index (χ2n) is 9.31. The van der Waals surface area contributed by atoms with E-state index in [2.05, 4.69) is 144 Å². The van der Waals surface area contributed by atoms with Crippen LogP contribution < -0.4 is 4.90 Å². The summed E-state index contributed by atoms with van der Waals surface area (Å²) in [4.78, 5) is 4.84. The average Bonchev–Trinajstić information content (AvgIpc) is 3.23. The van der Waals surface area contributed by atoms with E-state index < -0.39 is 0 Å². The number of hydrogen-bond acceptors (Lipinski definition) is 1. The standard InChI is InChI=1S/C30H26BrNSe/c1-30(2,3)23-17-24(31)19-26(18-23)32(28-20-33-29-12-8-7-11-27(28)29)25-15-13-22(14-16-25)21-9-5-4-6-10-21/h4-20H,1-3H3. The minimum absolute atomic E-state index is 0.0628. The molecule has 0 aliphatic carbocycles. The Bertz CT molecular complexity index is 1400. The van der Waals surface area contributed by atoms with Gasteiger partial charge in [0.05, 0.1) is 0 Å². The molecule has 1 nitrogen and oxygen atoms in total. The Labute approximate surface area is 210 Å². The molecule has 0 amide bonds. The third-order valence-electron chi connectivity index (χ3n) is 5.94. The summed E-state index contributed by atoms with van der Waals surface area (Å²) < 4.78 is 2.55. The zero-order chi connectivity index (χ0) is 23.0. The monoisotopic (exact) mass is 559 g/mol. The fourth-order valence-corrected chi connectivity index (χ4v) is 6.56. The Hall–Kier alpha value is -2.58. The van der Waals surface area contributed by atoms with Crippen LogP contribution in [0.5, 0.6) is 0 Å². The third-order valence-corrected chi connectivity index (χ3v) is 8.39. The van der Waals surface area contributed by atoms with Crippen molar-refractivity contribution in [1.82, 2.24) is 0 Å². The van der Waals surface area contributed by atoms with Crippen LogP contribution in [0.15, 0.2) is 106 Å². The van der Waals surface area contributed by atoms with Crippen molar-refractivity contribution in [2.24, 2.45) is 0 Å². The zero-order valence-corrected chi connectivity index (χ0v) is 22.3. The Kier molecular flexibility index (Phi) is 6.05. The Morgan fingerprint density at radius 3 is 2.09 bits per heavy atom. The van der Waals surface area contributed by atoms with Gasteiger partial charge in [-0.15, -0.1) is 0 Å². The fraction of sp³-hybridized carbons (Fsp3) is 0.133. The van der Waals surface area contributed by atoms with Crippen molar-refractivity contribution in [2.75, 3.05) is 4.90 Å². The number of rotatable bonds is 4. The van der Waals surface area contributed by atoms with Crippen LogP contribution in [0, 0.1) is 0 Å². The number of anilines is 3. The van der Waals surface area contributed by atoms with Gasteiger partial charge in [0.15, 0.2) is 0 Å². The van der Waals surface area contributed by atoms with Gasteiger partial charge in [0.25, 0.3) is 0 Å². The molecule has 0 saturated heterocycles. The van der Waals surface area contributed by atoms with Gasteiger partial charge in [-0.1, -0.05) is 0 Å². The van der Waals surface area contributed by atoms with Gasteiger partial charge in [-0.25, -0.2) is 0 Å². The van der Waals surface area contributed by atoms with Crippen LogP contribution in [0.1, 0.15) is 26.3 Å². The first-order valence-electron chi connectivity index (χ1n) is 11.1. The van der Waals surface area contributed by atoms with Crippen molar-refractivity contribution in [3.63, 3.8) is 0 Å². The number of nitrogens with zero attached hydrogens (tertiary/aromatic N) is 1. The summed E-state index contributed by atoms with van der Waals surface area (Å²) >= 11 is 4.13. The zero-order valence-electron chi connectivity index (χ0n) is 19.0. The molecule has 0 radical (unpaired) electrons. The van der Waals surface area contributed by atoms with Crippen molar-refractivity contribution in [3.05, 3.63) is 112 Å². The van der Waals surface area contributed by atoms with E-state index in [-0.39, 0.29) is 5.41 Å². The summed E-state index contributed by atoms with van der Waals surface area (Å²) in [6, 6.07) is 35.1. The average molecular weight is 559 g/mol. The first-order valence-corrected chi connectivity index (χ1v) is 13.8. The van der Waals surface area contributed by atoms with Gasteiger partial charge in [0, 0.05) is 0 Å². The van der Waals surface area contributed by atoms with Gasteiger partial charge in [0.2, 0.25) is 0 Å². The summed E-state index contributed by atoms with van der Waals surface area (Å²) in [6.45, 7) is 6.81. The predicted molar refractivity (Wildman–Crippen MR) is 147 cm³/mol. The van der Waals surface area contributed by atoms with Crippen LogP contribution in [-0.2, 0) is 5.41 Å². The Morgan fingerprint density at radius 1 is 0.697 bits per heavy atom. The van der Waals surface area contributed by atoms with Crippen LogP contribution in [0.3, 0.4) is 0 Å². The molecule has 0 fully saturated rings. The first-order chi connectivity index (χ1) is 15.9. The van der Waals surface area contributed by atoms with E-state index >= 15 is 0 Å². The molecular weight excluding hydrogens is 533 g/mol. The minimum atomic E-state index is 0.0628. The van der Waals surface area contributed by atoms with Crippen LogP contribution in [0.4, 0.5) is 17.1 Å². The predicted octanol–water partition coefficient (Wildman–Crippen LogP) is 9.09. The molecule has 0 aliphatic rings. The fourth-order valence-electron chi connectivity index (χ4n) is 4.13. The number of benzene rings is 4. The molecule has 0 atom stereocenters. The summed E-state index contributed by atoms with van der Waals surface area (Å²) in [5, 5.41) is 1.34. The van der Waals surface area contributed by atoms with Gasteiger partial charge in [-0.3, -0.25) is 0 Å². The molecule has 1 aromatic heterocycles. The van der Waals surface area contributed by atoms with Gasteiger partial charge < -0.3 is 0 Å². The van der Waals surface area contributed by atoms with Crippen LogP contribution in [0.2, 0.25) is 0 Å². The molecule has 0 N–H and O–H groups in total. The molecule has 0 unspecified atom stereocenters. The Morgan fingerprint density at radius 2 is 1.36 bits per heavy atom. The number of halogens is 1. The maximum atomic E-state index is 3.79. The first kappa shape index (κ1) is 22.2. The van der Waals surface area contributed by atoms with Crippen LogP contribution in [0.25, 0.3) is 20.8 Å². The summed E-state index contributed by atoms with van der Waals surface area (Å²) in [6.07, 6.45) is 0. The molecule has 0 spiro atoms. The molecular formula is C30H26BrNSe. The van der Waals surface area contributed by atoms with E-state index in [1.54, 1.807) is 0 Å². The van der Waals surface area contributed by atoms with E-state index in [1.807, 2.05) is 0 Å². The summed E-state index contributed by atoms with van der Waals surface area (Å²) in [7, 11) is 0.